The molecule has 1 aromatic rings. The number of nitrogens with two attached hydrogens (primary N) is 2. The van der Waals surface area contributed by atoms with Crippen LogP contribution < -0.4 is 27.4 Å². The van der Waals surface area contributed by atoms with Crippen LogP contribution in [0.3, 0.4) is 0 Å². The third-order valence-corrected chi connectivity index (χ3v) is 5.82. The Kier molecular flexibility index (Phi) is 13.8. The van der Waals surface area contributed by atoms with Gasteiger partial charge in [0.2, 0.25) is 17.7 Å². The molecule has 0 radical (unpaired) electrons. The molecule has 38 heavy (non-hydrogen) atoms. The first-order valence-corrected chi connectivity index (χ1v) is 12.4. The molecule has 4 unspecified atom stereocenters. The van der Waals surface area contributed by atoms with Crippen molar-refractivity contribution in [2.75, 3.05) is 6.54 Å². The topological polar surface area (TPSA) is 234 Å². The van der Waals surface area contributed by atoms with E-state index in [4.69, 9.17) is 16.6 Å². The second kappa shape index (κ2) is 16.2. The van der Waals surface area contributed by atoms with Gasteiger partial charge in [0.15, 0.2) is 0 Å². The lowest BCUT2D eigenvalue weighted by atomic mass is 9.99. The van der Waals surface area contributed by atoms with Crippen LogP contribution in [0, 0.1) is 5.92 Å². The number of carboxylic acids is 2. The Bertz CT molecular complexity index is 954. The molecule has 0 aliphatic heterocycles. The summed E-state index contributed by atoms with van der Waals surface area (Å²) in [5.41, 5.74) is 11.8. The van der Waals surface area contributed by atoms with E-state index in [1.165, 1.54) is 12.1 Å². The molecule has 0 aromatic heterocycles. The summed E-state index contributed by atoms with van der Waals surface area (Å²) in [6.07, 6.45) is 0.756. The number of hydrogen-bond donors (Lipinski definition) is 8. The lowest BCUT2D eigenvalue weighted by Crippen LogP contribution is -2.58. The Morgan fingerprint density at radius 2 is 1.45 bits per heavy atom. The van der Waals surface area contributed by atoms with Crippen molar-refractivity contribution in [3.63, 3.8) is 0 Å². The van der Waals surface area contributed by atoms with Crippen LogP contribution in [0.25, 0.3) is 0 Å². The van der Waals surface area contributed by atoms with Crippen molar-refractivity contribution < 1.29 is 39.3 Å². The van der Waals surface area contributed by atoms with E-state index < -0.39 is 59.7 Å². The van der Waals surface area contributed by atoms with Crippen LogP contribution in [0.5, 0.6) is 5.75 Å². The van der Waals surface area contributed by atoms with Crippen LogP contribution in [0.15, 0.2) is 24.3 Å². The predicted octanol–water partition coefficient (Wildman–Crippen LogP) is -0.549. The number of benzene rings is 1. The van der Waals surface area contributed by atoms with E-state index in [1.54, 1.807) is 26.0 Å². The minimum Gasteiger partial charge on any atom is -0.508 e. The second-order valence-corrected chi connectivity index (χ2v) is 9.38. The fourth-order valence-electron chi connectivity index (χ4n) is 3.57. The molecule has 0 spiro atoms. The maximum absolute atomic E-state index is 13.3. The summed E-state index contributed by atoms with van der Waals surface area (Å²) < 4.78 is 0. The molecule has 13 heteroatoms. The molecule has 0 aliphatic carbocycles. The van der Waals surface area contributed by atoms with Crippen LogP contribution in [-0.4, -0.2) is 75.7 Å². The van der Waals surface area contributed by atoms with Gasteiger partial charge in [-0.05, 0) is 55.8 Å². The summed E-state index contributed by atoms with van der Waals surface area (Å²) >= 11 is 0. The number of rotatable bonds is 17. The van der Waals surface area contributed by atoms with E-state index in [1.807, 2.05) is 0 Å². The van der Waals surface area contributed by atoms with E-state index in [0.29, 0.717) is 24.9 Å². The number of unbranched alkanes of at least 4 members (excludes halogenated alkanes) is 1. The molecule has 0 heterocycles. The summed E-state index contributed by atoms with van der Waals surface area (Å²) in [6.45, 7) is 3.73. The van der Waals surface area contributed by atoms with E-state index in [-0.39, 0.29) is 31.4 Å². The van der Waals surface area contributed by atoms with Gasteiger partial charge in [-0.1, -0.05) is 26.0 Å². The lowest BCUT2D eigenvalue weighted by Gasteiger charge is -2.27. The van der Waals surface area contributed by atoms with Crippen molar-refractivity contribution in [2.45, 2.75) is 76.5 Å². The number of nitrogens with one attached hydrogen (secondary N) is 3. The zero-order valence-corrected chi connectivity index (χ0v) is 21.7. The molecule has 10 N–H and O–H groups in total. The molecule has 0 saturated heterocycles. The molecule has 13 nitrogen and oxygen atoms in total. The smallest absolute Gasteiger partial charge is 0.326 e. The number of hydrogen-bond acceptors (Lipinski definition) is 8. The van der Waals surface area contributed by atoms with Crippen molar-refractivity contribution in [3.8, 4) is 5.75 Å². The number of amides is 3. The second-order valence-electron chi connectivity index (χ2n) is 9.38. The maximum Gasteiger partial charge on any atom is 0.326 e. The summed E-state index contributed by atoms with van der Waals surface area (Å²) in [5, 5.41) is 35.4. The molecular formula is C25H39N5O8. The Morgan fingerprint density at radius 3 is 1.97 bits per heavy atom. The number of carboxylic acid groups (broad SMARTS) is 2. The molecule has 0 bridgehead atoms. The van der Waals surface area contributed by atoms with E-state index >= 15 is 0 Å². The summed E-state index contributed by atoms with van der Waals surface area (Å²) in [7, 11) is 0. The largest absolute Gasteiger partial charge is 0.508 e. The van der Waals surface area contributed by atoms with Gasteiger partial charge in [0.25, 0.3) is 0 Å². The van der Waals surface area contributed by atoms with Gasteiger partial charge in [0.05, 0.1) is 6.04 Å². The monoisotopic (exact) mass is 537 g/mol. The van der Waals surface area contributed by atoms with Crippen molar-refractivity contribution in [2.24, 2.45) is 17.4 Å². The Hall–Kier alpha value is -3.71. The molecule has 3 amide bonds. The zero-order chi connectivity index (χ0) is 28.8. The molecule has 1 aromatic carbocycles. The van der Waals surface area contributed by atoms with Crippen molar-refractivity contribution in [1.29, 1.82) is 0 Å². The van der Waals surface area contributed by atoms with Crippen molar-refractivity contribution in [1.82, 2.24) is 16.0 Å². The molecule has 0 fully saturated rings. The molecule has 4 atom stereocenters. The molecular weight excluding hydrogens is 498 g/mol. The number of phenols is 1. The number of carbonyl (C=O) groups excluding carboxylic acids is 3. The van der Waals surface area contributed by atoms with Gasteiger partial charge in [-0.3, -0.25) is 19.2 Å². The molecule has 212 valence electrons. The number of phenolic OH excluding ortho intramolecular Hbond substituents is 1. The fraction of sp³-hybridized carbons (Fsp3) is 0.560. The Labute approximate surface area is 221 Å². The standard InChI is InChI=1S/C25H39N5O8/c1-14(2)21(24(36)28-18(25(37)38)5-3-4-12-26)30-23(35)19(13-15-6-8-16(31)9-7-15)29-22(34)17(27)10-11-20(32)33/h6-9,14,17-19,21,31H,3-5,10-13,26-27H2,1-2H3,(H,28,36)(H,29,34)(H,30,35)(H,32,33)(H,37,38). The molecule has 0 saturated carbocycles. The number of aliphatic carboxylic acids is 2. The Morgan fingerprint density at radius 1 is 0.842 bits per heavy atom. The van der Waals surface area contributed by atoms with Gasteiger partial charge >= 0.3 is 11.9 Å². The zero-order valence-electron chi connectivity index (χ0n) is 21.7. The third-order valence-electron chi connectivity index (χ3n) is 5.82. The highest BCUT2D eigenvalue weighted by Crippen LogP contribution is 2.13. The fourth-order valence-corrected chi connectivity index (χ4v) is 3.57. The normalized spacial score (nSPS) is 14.1. The quantitative estimate of drug-likeness (QED) is 0.118. The van der Waals surface area contributed by atoms with E-state index in [0.717, 1.165) is 0 Å². The summed E-state index contributed by atoms with van der Waals surface area (Å²) in [6, 6.07) is 1.27. The lowest BCUT2D eigenvalue weighted by molar-refractivity contribution is -0.143. The third kappa shape index (κ3) is 11.6. The highest BCUT2D eigenvalue weighted by atomic mass is 16.4. The van der Waals surface area contributed by atoms with E-state index in [9.17, 15) is 34.2 Å². The first kappa shape index (κ1) is 32.3. The summed E-state index contributed by atoms with van der Waals surface area (Å²) in [4.78, 5) is 61.3. The van der Waals surface area contributed by atoms with Gasteiger partial charge < -0.3 is 42.7 Å². The maximum atomic E-state index is 13.3. The summed E-state index contributed by atoms with van der Waals surface area (Å²) in [5.74, 6) is -4.92. The highest BCUT2D eigenvalue weighted by Gasteiger charge is 2.32. The first-order chi connectivity index (χ1) is 17.8. The average molecular weight is 538 g/mol. The highest BCUT2D eigenvalue weighted by molar-refractivity contribution is 5.94. The average Bonchev–Trinajstić information content (AvgIpc) is 2.85. The molecule has 1 rings (SSSR count). The minimum atomic E-state index is -1.21. The van der Waals surface area contributed by atoms with Crippen LogP contribution >= 0.6 is 0 Å². The Balaban J connectivity index is 3.06. The van der Waals surface area contributed by atoms with Crippen LogP contribution in [0.4, 0.5) is 0 Å². The number of aromatic hydroxyl groups is 1. The van der Waals surface area contributed by atoms with Crippen LogP contribution in [0.2, 0.25) is 0 Å². The van der Waals surface area contributed by atoms with Crippen molar-refractivity contribution >= 4 is 29.7 Å². The van der Waals surface area contributed by atoms with Gasteiger partial charge in [-0.25, -0.2) is 4.79 Å². The van der Waals surface area contributed by atoms with Gasteiger partial charge in [-0.2, -0.15) is 0 Å². The van der Waals surface area contributed by atoms with Crippen LogP contribution in [-0.2, 0) is 30.4 Å². The van der Waals surface area contributed by atoms with E-state index in [2.05, 4.69) is 16.0 Å². The van der Waals surface area contributed by atoms with Gasteiger partial charge in [-0.15, -0.1) is 0 Å². The number of carbonyl (C=O) groups is 5. The first-order valence-electron chi connectivity index (χ1n) is 12.4. The van der Waals surface area contributed by atoms with Gasteiger partial charge in [0, 0.05) is 12.8 Å². The SMILES string of the molecule is CC(C)C(NC(=O)C(Cc1ccc(O)cc1)NC(=O)C(N)CCC(=O)O)C(=O)NC(CCCCN)C(=O)O. The molecule has 0 aliphatic rings. The predicted molar refractivity (Wildman–Crippen MR) is 138 cm³/mol. The van der Waals surface area contributed by atoms with Crippen molar-refractivity contribution in [3.05, 3.63) is 29.8 Å². The minimum absolute atomic E-state index is 0.00507. The van der Waals surface area contributed by atoms with Crippen LogP contribution in [0.1, 0.15) is 51.5 Å². The van der Waals surface area contributed by atoms with Gasteiger partial charge in [0.1, 0.15) is 23.9 Å².